The van der Waals surface area contributed by atoms with Gasteiger partial charge in [0.05, 0.1) is 4.90 Å². The topological polar surface area (TPSA) is 75.3 Å². The number of aryl methyl sites for hydroxylation is 3. The van der Waals surface area contributed by atoms with Crippen molar-refractivity contribution in [3.05, 3.63) is 58.7 Å². The molecule has 0 saturated heterocycles. The molecule has 0 atom stereocenters. The number of hydrogen-bond acceptors (Lipinski definition) is 3. The van der Waals surface area contributed by atoms with Crippen molar-refractivity contribution < 1.29 is 13.2 Å². The Balaban J connectivity index is 2.37. The van der Waals surface area contributed by atoms with Crippen molar-refractivity contribution in [2.75, 3.05) is 11.9 Å². The minimum atomic E-state index is -3.60. The average Bonchev–Trinajstić information content (AvgIpc) is 2.51. The lowest BCUT2D eigenvalue weighted by molar-refractivity contribution is 0.102. The van der Waals surface area contributed by atoms with Crippen LogP contribution in [0.1, 0.15) is 34.0 Å². The van der Waals surface area contributed by atoms with Gasteiger partial charge in [-0.15, -0.1) is 0 Å². The van der Waals surface area contributed by atoms with Crippen molar-refractivity contribution >= 4 is 21.6 Å². The van der Waals surface area contributed by atoms with Gasteiger partial charge in [-0.25, -0.2) is 13.1 Å². The van der Waals surface area contributed by atoms with Crippen LogP contribution in [0.5, 0.6) is 0 Å². The lowest BCUT2D eigenvalue weighted by Gasteiger charge is -2.12. The molecule has 0 bridgehead atoms. The van der Waals surface area contributed by atoms with Crippen molar-refractivity contribution in [1.29, 1.82) is 0 Å². The molecule has 2 aromatic rings. The number of carbonyl (C=O) groups is 1. The Morgan fingerprint density at radius 1 is 1.00 bits per heavy atom. The molecular formula is C18H22N2O3S. The summed E-state index contributed by atoms with van der Waals surface area (Å²) in [4.78, 5) is 12.7. The second-order valence-corrected chi connectivity index (χ2v) is 7.52. The van der Waals surface area contributed by atoms with E-state index in [1.165, 1.54) is 12.1 Å². The van der Waals surface area contributed by atoms with Crippen LogP contribution in [0.25, 0.3) is 0 Å². The van der Waals surface area contributed by atoms with Crippen LogP contribution in [0.15, 0.2) is 41.3 Å². The first-order valence-corrected chi connectivity index (χ1v) is 9.22. The molecule has 0 radical (unpaired) electrons. The lowest BCUT2D eigenvalue weighted by Crippen LogP contribution is -2.24. The van der Waals surface area contributed by atoms with Gasteiger partial charge in [-0.3, -0.25) is 4.79 Å². The van der Waals surface area contributed by atoms with Gasteiger partial charge in [0.25, 0.3) is 5.91 Å². The Hall–Kier alpha value is -2.18. The standard InChI is InChI=1S/C18H22N2O3S/c1-5-19-24(22,23)15-9-8-13(3)16(11-15)18(21)20-17-10-12(2)6-7-14(17)4/h6-11,19H,5H2,1-4H3,(H,20,21). The zero-order valence-electron chi connectivity index (χ0n) is 14.3. The summed E-state index contributed by atoms with van der Waals surface area (Å²) in [5.41, 5.74) is 3.77. The quantitative estimate of drug-likeness (QED) is 0.873. The van der Waals surface area contributed by atoms with E-state index in [0.717, 1.165) is 16.8 Å². The van der Waals surface area contributed by atoms with Crippen LogP contribution >= 0.6 is 0 Å². The summed E-state index contributed by atoms with van der Waals surface area (Å²) >= 11 is 0. The Morgan fingerprint density at radius 3 is 2.33 bits per heavy atom. The second-order valence-electron chi connectivity index (χ2n) is 5.75. The molecule has 0 aromatic heterocycles. The Morgan fingerprint density at radius 2 is 1.67 bits per heavy atom. The highest BCUT2D eigenvalue weighted by Crippen LogP contribution is 2.20. The fourth-order valence-electron chi connectivity index (χ4n) is 2.35. The Labute approximate surface area is 143 Å². The number of anilines is 1. The minimum absolute atomic E-state index is 0.0843. The molecule has 2 rings (SSSR count). The Bertz CT molecular complexity index is 874. The number of carbonyl (C=O) groups excluding carboxylic acids is 1. The summed E-state index contributed by atoms with van der Waals surface area (Å²) in [6.45, 7) is 7.64. The number of sulfonamides is 1. The first-order chi connectivity index (χ1) is 11.2. The van der Waals surface area contributed by atoms with Gasteiger partial charge in [0.15, 0.2) is 0 Å². The summed E-state index contributed by atoms with van der Waals surface area (Å²) in [6.07, 6.45) is 0. The van der Waals surface area contributed by atoms with Gasteiger partial charge in [0, 0.05) is 17.8 Å². The van der Waals surface area contributed by atoms with Crippen molar-refractivity contribution in [1.82, 2.24) is 4.72 Å². The van der Waals surface area contributed by atoms with E-state index in [4.69, 9.17) is 0 Å². The third kappa shape index (κ3) is 4.01. The van der Waals surface area contributed by atoms with Crippen LogP contribution in [-0.2, 0) is 10.0 Å². The van der Waals surface area contributed by atoms with E-state index in [1.54, 1.807) is 19.9 Å². The smallest absolute Gasteiger partial charge is 0.255 e. The number of benzene rings is 2. The SMILES string of the molecule is CCNS(=O)(=O)c1ccc(C)c(C(=O)Nc2cc(C)ccc2C)c1. The van der Waals surface area contributed by atoms with E-state index in [9.17, 15) is 13.2 Å². The zero-order chi connectivity index (χ0) is 17.9. The summed E-state index contributed by atoms with van der Waals surface area (Å²) in [5.74, 6) is -0.324. The summed E-state index contributed by atoms with van der Waals surface area (Å²) < 4.78 is 26.7. The molecule has 0 spiro atoms. The molecule has 2 aromatic carbocycles. The number of nitrogens with one attached hydrogen (secondary N) is 2. The highest BCUT2D eigenvalue weighted by Gasteiger charge is 2.17. The van der Waals surface area contributed by atoms with Gasteiger partial charge >= 0.3 is 0 Å². The van der Waals surface area contributed by atoms with E-state index in [0.29, 0.717) is 17.7 Å². The zero-order valence-corrected chi connectivity index (χ0v) is 15.1. The fourth-order valence-corrected chi connectivity index (χ4v) is 3.41. The molecule has 0 aliphatic carbocycles. The molecule has 6 heteroatoms. The van der Waals surface area contributed by atoms with Crippen LogP contribution in [0, 0.1) is 20.8 Å². The molecular weight excluding hydrogens is 324 g/mol. The molecule has 0 aliphatic heterocycles. The maximum atomic E-state index is 12.6. The normalized spacial score (nSPS) is 11.3. The predicted octanol–water partition coefficient (Wildman–Crippen LogP) is 3.16. The van der Waals surface area contributed by atoms with Crippen molar-refractivity contribution in [2.45, 2.75) is 32.6 Å². The van der Waals surface area contributed by atoms with Gasteiger partial charge < -0.3 is 5.32 Å². The molecule has 0 fully saturated rings. The molecule has 24 heavy (non-hydrogen) atoms. The fraction of sp³-hybridized carbons (Fsp3) is 0.278. The molecule has 0 aliphatic rings. The highest BCUT2D eigenvalue weighted by molar-refractivity contribution is 7.89. The van der Waals surface area contributed by atoms with E-state index < -0.39 is 10.0 Å². The Kier molecular flexibility index (Phi) is 5.41. The van der Waals surface area contributed by atoms with E-state index in [1.807, 2.05) is 32.0 Å². The third-order valence-electron chi connectivity index (χ3n) is 3.74. The van der Waals surface area contributed by atoms with Gasteiger partial charge in [-0.1, -0.05) is 25.1 Å². The summed E-state index contributed by atoms with van der Waals surface area (Å²) in [7, 11) is -3.60. The van der Waals surface area contributed by atoms with Gasteiger partial charge in [0.2, 0.25) is 10.0 Å². The second kappa shape index (κ2) is 7.15. The average molecular weight is 346 g/mol. The van der Waals surface area contributed by atoms with E-state index in [2.05, 4.69) is 10.0 Å². The number of amides is 1. The first kappa shape index (κ1) is 18.2. The van der Waals surface area contributed by atoms with Gasteiger partial charge in [0.1, 0.15) is 0 Å². The first-order valence-electron chi connectivity index (χ1n) is 7.73. The van der Waals surface area contributed by atoms with Crippen LogP contribution in [0.3, 0.4) is 0 Å². The predicted molar refractivity (Wildman–Crippen MR) is 95.9 cm³/mol. The number of hydrogen-bond donors (Lipinski definition) is 2. The van der Waals surface area contributed by atoms with Crippen LogP contribution in [-0.4, -0.2) is 20.9 Å². The van der Waals surface area contributed by atoms with Crippen LogP contribution < -0.4 is 10.0 Å². The highest BCUT2D eigenvalue weighted by atomic mass is 32.2. The van der Waals surface area contributed by atoms with Crippen molar-refractivity contribution in [3.63, 3.8) is 0 Å². The molecule has 0 saturated carbocycles. The molecule has 2 N–H and O–H groups in total. The van der Waals surface area contributed by atoms with E-state index >= 15 is 0 Å². The molecule has 1 amide bonds. The van der Waals surface area contributed by atoms with Gasteiger partial charge in [-0.2, -0.15) is 0 Å². The van der Waals surface area contributed by atoms with Crippen molar-refractivity contribution in [2.24, 2.45) is 0 Å². The molecule has 5 nitrogen and oxygen atoms in total. The number of rotatable bonds is 5. The lowest BCUT2D eigenvalue weighted by atomic mass is 10.1. The summed E-state index contributed by atoms with van der Waals surface area (Å²) in [6, 6.07) is 10.4. The van der Waals surface area contributed by atoms with Crippen LogP contribution in [0.4, 0.5) is 5.69 Å². The van der Waals surface area contributed by atoms with E-state index in [-0.39, 0.29) is 10.8 Å². The summed E-state index contributed by atoms with van der Waals surface area (Å²) in [5, 5.41) is 2.86. The largest absolute Gasteiger partial charge is 0.322 e. The molecule has 0 heterocycles. The molecule has 0 unspecified atom stereocenters. The minimum Gasteiger partial charge on any atom is -0.322 e. The van der Waals surface area contributed by atoms with Crippen molar-refractivity contribution in [3.8, 4) is 0 Å². The van der Waals surface area contributed by atoms with Crippen LogP contribution in [0.2, 0.25) is 0 Å². The van der Waals surface area contributed by atoms with Gasteiger partial charge in [-0.05, 0) is 55.7 Å². The third-order valence-corrected chi connectivity index (χ3v) is 5.28. The molecule has 128 valence electrons. The maximum Gasteiger partial charge on any atom is 0.255 e. The monoisotopic (exact) mass is 346 g/mol. The maximum absolute atomic E-state index is 12.6.